The number of aliphatic carboxylic acids is 1. The van der Waals surface area contributed by atoms with E-state index in [9.17, 15) is 9.59 Å². The molecule has 1 atom stereocenters. The van der Waals surface area contributed by atoms with Crippen molar-refractivity contribution in [2.45, 2.75) is 40.5 Å². The highest BCUT2D eigenvalue weighted by Crippen LogP contribution is 2.35. The molecule has 0 aromatic heterocycles. The Labute approximate surface area is 90.6 Å². The molecule has 0 radical (unpaired) electrons. The van der Waals surface area contributed by atoms with Crippen LogP contribution in [0.25, 0.3) is 0 Å². The van der Waals surface area contributed by atoms with Gasteiger partial charge in [-0.3, -0.25) is 9.59 Å². The van der Waals surface area contributed by atoms with E-state index in [0.717, 1.165) is 0 Å². The molecule has 1 unspecified atom stereocenters. The summed E-state index contributed by atoms with van der Waals surface area (Å²) >= 11 is 0. The number of carbonyl (C=O) groups is 2. The van der Waals surface area contributed by atoms with Crippen LogP contribution in [0.15, 0.2) is 0 Å². The van der Waals surface area contributed by atoms with Crippen molar-refractivity contribution in [1.29, 1.82) is 0 Å². The van der Waals surface area contributed by atoms with Crippen LogP contribution in [0.2, 0.25) is 0 Å². The lowest BCUT2D eigenvalue weighted by atomic mass is 9.73. The standard InChI is InChI=1S/C11H20O4/c1-5-11(4,6-2)8(9(12)13)10(14)15-7-3/h8H,5-7H2,1-4H3,(H,12,13). The second kappa shape index (κ2) is 5.73. The van der Waals surface area contributed by atoms with Gasteiger partial charge in [0, 0.05) is 0 Å². The predicted octanol–water partition coefficient (Wildman–Crippen LogP) is 2.08. The molecule has 0 amide bonds. The van der Waals surface area contributed by atoms with Gasteiger partial charge in [-0.05, 0) is 25.2 Å². The molecule has 0 fully saturated rings. The average Bonchev–Trinajstić information content (AvgIpc) is 2.17. The summed E-state index contributed by atoms with van der Waals surface area (Å²) in [6, 6.07) is 0. The zero-order valence-corrected chi connectivity index (χ0v) is 9.87. The van der Waals surface area contributed by atoms with Gasteiger partial charge in [0.2, 0.25) is 0 Å². The Balaban J connectivity index is 4.95. The summed E-state index contributed by atoms with van der Waals surface area (Å²) in [7, 11) is 0. The van der Waals surface area contributed by atoms with Crippen LogP contribution in [-0.4, -0.2) is 23.7 Å². The van der Waals surface area contributed by atoms with Gasteiger partial charge in [0.25, 0.3) is 0 Å². The van der Waals surface area contributed by atoms with Crippen molar-refractivity contribution < 1.29 is 19.4 Å². The minimum absolute atomic E-state index is 0.214. The van der Waals surface area contributed by atoms with Crippen molar-refractivity contribution in [2.75, 3.05) is 6.61 Å². The quantitative estimate of drug-likeness (QED) is 0.545. The molecule has 0 aromatic carbocycles. The molecule has 1 N–H and O–H groups in total. The molecule has 0 saturated carbocycles. The SMILES string of the molecule is CCOC(=O)C(C(=O)O)C(C)(CC)CC. The zero-order chi connectivity index (χ0) is 12.1. The Morgan fingerprint density at radius 2 is 1.73 bits per heavy atom. The summed E-state index contributed by atoms with van der Waals surface area (Å²) in [6.07, 6.45) is 1.28. The highest BCUT2D eigenvalue weighted by Gasteiger charge is 2.42. The smallest absolute Gasteiger partial charge is 0.320 e. The largest absolute Gasteiger partial charge is 0.481 e. The van der Waals surface area contributed by atoms with E-state index < -0.39 is 23.3 Å². The topological polar surface area (TPSA) is 63.6 Å². The van der Waals surface area contributed by atoms with Gasteiger partial charge >= 0.3 is 11.9 Å². The fourth-order valence-electron chi connectivity index (χ4n) is 1.57. The minimum atomic E-state index is -1.10. The molecule has 88 valence electrons. The summed E-state index contributed by atoms with van der Waals surface area (Å²) in [4.78, 5) is 22.6. The van der Waals surface area contributed by atoms with Gasteiger partial charge in [0.15, 0.2) is 5.92 Å². The van der Waals surface area contributed by atoms with E-state index in [1.165, 1.54) is 0 Å². The first-order chi connectivity index (χ1) is 6.92. The lowest BCUT2D eigenvalue weighted by molar-refractivity contribution is -0.165. The number of rotatable bonds is 6. The molecule has 15 heavy (non-hydrogen) atoms. The van der Waals surface area contributed by atoms with Crippen LogP contribution in [0, 0.1) is 11.3 Å². The highest BCUT2D eigenvalue weighted by molar-refractivity contribution is 5.94. The normalized spacial score (nSPS) is 13.3. The van der Waals surface area contributed by atoms with Crippen LogP contribution in [-0.2, 0) is 14.3 Å². The summed E-state index contributed by atoms with van der Waals surface area (Å²) in [5.41, 5.74) is -0.530. The van der Waals surface area contributed by atoms with Crippen molar-refractivity contribution in [2.24, 2.45) is 11.3 Å². The molecule has 4 heteroatoms. The second-order valence-corrected chi connectivity index (χ2v) is 3.88. The van der Waals surface area contributed by atoms with Crippen molar-refractivity contribution in [1.82, 2.24) is 0 Å². The van der Waals surface area contributed by atoms with E-state index in [2.05, 4.69) is 0 Å². The summed E-state index contributed by atoms with van der Waals surface area (Å²) in [6.45, 7) is 7.47. The summed E-state index contributed by atoms with van der Waals surface area (Å²) in [5, 5.41) is 9.07. The number of carboxylic acid groups (broad SMARTS) is 1. The van der Waals surface area contributed by atoms with Gasteiger partial charge in [-0.25, -0.2) is 0 Å². The number of esters is 1. The molecular formula is C11H20O4. The molecule has 0 rings (SSSR count). The molecule has 0 heterocycles. The molecular weight excluding hydrogens is 196 g/mol. The van der Waals surface area contributed by atoms with Gasteiger partial charge in [0.05, 0.1) is 6.61 Å². The van der Waals surface area contributed by atoms with Gasteiger partial charge in [-0.1, -0.05) is 20.8 Å². The summed E-state index contributed by atoms with van der Waals surface area (Å²) < 4.78 is 4.80. The monoisotopic (exact) mass is 216 g/mol. The lowest BCUT2D eigenvalue weighted by Crippen LogP contribution is -2.39. The number of hydrogen-bond donors (Lipinski definition) is 1. The molecule has 4 nitrogen and oxygen atoms in total. The third-order valence-corrected chi connectivity index (χ3v) is 3.08. The molecule has 0 aliphatic rings. The Kier molecular flexibility index (Phi) is 5.33. The van der Waals surface area contributed by atoms with Gasteiger partial charge in [0.1, 0.15) is 0 Å². The first-order valence-electron chi connectivity index (χ1n) is 5.32. The van der Waals surface area contributed by atoms with Crippen molar-refractivity contribution in [3.05, 3.63) is 0 Å². The van der Waals surface area contributed by atoms with Crippen LogP contribution < -0.4 is 0 Å². The third-order valence-electron chi connectivity index (χ3n) is 3.08. The Bertz CT molecular complexity index is 231. The number of hydrogen-bond acceptors (Lipinski definition) is 3. The van der Waals surface area contributed by atoms with Crippen LogP contribution in [0.3, 0.4) is 0 Å². The third kappa shape index (κ3) is 3.22. The van der Waals surface area contributed by atoms with E-state index in [-0.39, 0.29) is 6.61 Å². The fraction of sp³-hybridized carbons (Fsp3) is 0.818. The Morgan fingerprint density at radius 3 is 2.00 bits per heavy atom. The van der Waals surface area contributed by atoms with Gasteiger partial charge in [-0.15, -0.1) is 0 Å². The fourth-order valence-corrected chi connectivity index (χ4v) is 1.57. The van der Waals surface area contributed by atoms with E-state index in [0.29, 0.717) is 12.8 Å². The number of ether oxygens (including phenoxy) is 1. The molecule has 0 bridgehead atoms. The van der Waals surface area contributed by atoms with Crippen molar-refractivity contribution in [3.63, 3.8) is 0 Å². The van der Waals surface area contributed by atoms with Crippen LogP contribution in [0.5, 0.6) is 0 Å². The summed E-state index contributed by atoms with van der Waals surface area (Å²) in [5.74, 6) is -2.79. The van der Waals surface area contributed by atoms with Crippen molar-refractivity contribution in [3.8, 4) is 0 Å². The van der Waals surface area contributed by atoms with Crippen molar-refractivity contribution >= 4 is 11.9 Å². The molecule has 0 saturated heterocycles. The molecule has 0 aliphatic carbocycles. The molecule has 0 aliphatic heterocycles. The van der Waals surface area contributed by atoms with Gasteiger partial charge < -0.3 is 9.84 Å². The maximum atomic E-state index is 11.5. The van der Waals surface area contributed by atoms with Crippen LogP contribution >= 0.6 is 0 Å². The maximum absolute atomic E-state index is 11.5. The molecule has 0 spiro atoms. The Hall–Kier alpha value is -1.06. The van der Waals surface area contributed by atoms with E-state index in [1.54, 1.807) is 6.92 Å². The van der Waals surface area contributed by atoms with Crippen LogP contribution in [0.4, 0.5) is 0 Å². The lowest BCUT2D eigenvalue weighted by Gasteiger charge is -2.31. The van der Waals surface area contributed by atoms with E-state index in [4.69, 9.17) is 9.84 Å². The maximum Gasteiger partial charge on any atom is 0.320 e. The average molecular weight is 216 g/mol. The Morgan fingerprint density at radius 1 is 1.27 bits per heavy atom. The van der Waals surface area contributed by atoms with Crippen LogP contribution in [0.1, 0.15) is 40.5 Å². The number of carbonyl (C=O) groups excluding carboxylic acids is 1. The predicted molar refractivity (Wildman–Crippen MR) is 56.4 cm³/mol. The zero-order valence-electron chi connectivity index (χ0n) is 9.87. The van der Waals surface area contributed by atoms with E-state index in [1.807, 2.05) is 20.8 Å². The highest BCUT2D eigenvalue weighted by atomic mass is 16.5. The first-order valence-corrected chi connectivity index (χ1v) is 5.32. The molecule has 0 aromatic rings. The number of carboxylic acids is 1. The second-order valence-electron chi connectivity index (χ2n) is 3.88. The minimum Gasteiger partial charge on any atom is -0.481 e. The van der Waals surface area contributed by atoms with E-state index >= 15 is 0 Å². The first kappa shape index (κ1) is 13.9. The van der Waals surface area contributed by atoms with Gasteiger partial charge in [-0.2, -0.15) is 0 Å².